The molecule has 2 heterocycles. The third-order valence-corrected chi connectivity index (χ3v) is 3.25. The number of hydrogen-bond acceptors (Lipinski definition) is 4. The Morgan fingerprint density at radius 3 is 3.17 bits per heavy atom. The molecule has 1 aromatic heterocycles. The van der Waals surface area contributed by atoms with Crippen molar-refractivity contribution in [3.63, 3.8) is 0 Å². The first-order valence-corrected chi connectivity index (χ1v) is 6.55. The molecule has 0 amide bonds. The van der Waals surface area contributed by atoms with Crippen molar-refractivity contribution in [3.8, 4) is 0 Å². The van der Waals surface area contributed by atoms with Crippen LogP contribution in [0.1, 0.15) is 37.0 Å². The zero-order valence-corrected chi connectivity index (χ0v) is 11.1. The molecule has 1 fully saturated rings. The minimum atomic E-state index is 0.0663. The molecule has 0 bridgehead atoms. The van der Waals surface area contributed by atoms with Crippen LogP contribution >= 0.6 is 0 Å². The van der Waals surface area contributed by atoms with Crippen molar-refractivity contribution in [2.24, 2.45) is 0 Å². The second-order valence-electron chi connectivity index (χ2n) is 4.60. The summed E-state index contributed by atoms with van der Waals surface area (Å²) < 4.78 is 5.68. The molecule has 4 heteroatoms. The predicted molar refractivity (Wildman–Crippen MR) is 71.1 cm³/mol. The van der Waals surface area contributed by atoms with Gasteiger partial charge in [0, 0.05) is 25.9 Å². The molecule has 1 saturated heterocycles. The summed E-state index contributed by atoms with van der Waals surface area (Å²) in [5.74, 6) is 0.867. The number of aromatic nitrogens is 1. The van der Waals surface area contributed by atoms with Crippen LogP contribution < -0.4 is 4.90 Å². The number of carbonyl (C=O) groups is 1. The van der Waals surface area contributed by atoms with Crippen molar-refractivity contribution >= 4 is 11.6 Å². The van der Waals surface area contributed by atoms with Crippen LogP contribution in [0.25, 0.3) is 0 Å². The average Bonchev–Trinajstić information content (AvgIpc) is 2.39. The van der Waals surface area contributed by atoms with E-state index >= 15 is 0 Å². The van der Waals surface area contributed by atoms with E-state index in [4.69, 9.17) is 4.74 Å². The molecular formula is C14H20N2O2. The Morgan fingerprint density at radius 1 is 1.61 bits per heavy atom. The summed E-state index contributed by atoms with van der Waals surface area (Å²) in [6.07, 6.45) is 4.17. The number of pyridine rings is 1. The normalized spacial score (nSPS) is 19.9. The largest absolute Gasteiger partial charge is 0.377 e. The van der Waals surface area contributed by atoms with Crippen molar-refractivity contribution in [3.05, 3.63) is 23.9 Å². The quantitative estimate of drug-likeness (QED) is 0.767. The van der Waals surface area contributed by atoms with Crippen molar-refractivity contribution in [2.75, 3.05) is 24.6 Å². The smallest absolute Gasteiger partial charge is 0.163 e. The highest BCUT2D eigenvalue weighted by Crippen LogP contribution is 2.23. The first kappa shape index (κ1) is 13.0. The van der Waals surface area contributed by atoms with Crippen LogP contribution in [0, 0.1) is 0 Å². The molecular weight excluding hydrogens is 228 g/mol. The Labute approximate surface area is 108 Å². The van der Waals surface area contributed by atoms with Gasteiger partial charge in [-0.2, -0.15) is 0 Å². The standard InChI is InChI=1S/C14H20N2O2/c1-3-18-12-6-5-9-16(10-12)14-13(11(2)17)7-4-8-15-14/h4,7-8,12H,3,5-6,9-10H2,1-2H3. The fourth-order valence-corrected chi connectivity index (χ4v) is 2.43. The summed E-state index contributed by atoms with van der Waals surface area (Å²) in [5.41, 5.74) is 0.703. The highest BCUT2D eigenvalue weighted by molar-refractivity contribution is 5.98. The van der Waals surface area contributed by atoms with Crippen molar-refractivity contribution in [1.29, 1.82) is 0 Å². The molecule has 0 N–H and O–H groups in total. The van der Waals surface area contributed by atoms with E-state index in [0.29, 0.717) is 5.56 Å². The number of carbonyl (C=O) groups excluding carboxylic acids is 1. The average molecular weight is 248 g/mol. The first-order chi connectivity index (χ1) is 8.72. The van der Waals surface area contributed by atoms with Crippen LogP contribution in [0.5, 0.6) is 0 Å². The van der Waals surface area contributed by atoms with Gasteiger partial charge in [-0.3, -0.25) is 4.79 Å². The van der Waals surface area contributed by atoms with Crippen molar-refractivity contribution in [2.45, 2.75) is 32.8 Å². The second-order valence-corrected chi connectivity index (χ2v) is 4.60. The number of ketones is 1. The van der Waals surface area contributed by atoms with E-state index in [1.807, 2.05) is 19.1 Å². The molecule has 1 aromatic rings. The van der Waals surface area contributed by atoms with Gasteiger partial charge in [0.25, 0.3) is 0 Å². The molecule has 0 aliphatic carbocycles. The van der Waals surface area contributed by atoms with Crippen LogP contribution in [-0.4, -0.2) is 36.6 Å². The van der Waals surface area contributed by atoms with Gasteiger partial charge in [0.15, 0.2) is 5.78 Å². The molecule has 4 nitrogen and oxygen atoms in total. The van der Waals surface area contributed by atoms with Crippen LogP contribution in [-0.2, 0) is 4.74 Å². The summed E-state index contributed by atoms with van der Waals surface area (Å²) in [6.45, 7) is 6.11. The number of nitrogens with zero attached hydrogens (tertiary/aromatic N) is 2. The number of ether oxygens (including phenoxy) is 1. The molecule has 1 unspecified atom stereocenters. The van der Waals surface area contributed by atoms with E-state index in [1.165, 1.54) is 0 Å². The molecule has 0 radical (unpaired) electrons. The lowest BCUT2D eigenvalue weighted by Gasteiger charge is -2.34. The number of hydrogen-bond donors (Lipinski definition) is 0. The van der Waals surface area contributed by atoms with E-state index in [-0.39, 0.29) is 11.9 Å². The van der Waals surface area contributed by atoms with E-state index in [0.717, 1.165) is 38.4 Å². The monoisotopic (exact) mass is 248 g/mol. The summed E-state index contributed by atoms with van der Waals surface area (Å²) in [6, 6.07) is 3.65. The maximum absolute atomic E-state index is 11.6. The van der Waals surface area contributed by atoms with Crippen molar-refractivity contribution < 1.29 is 9.53 Å². The Morgan fingerprint density at radius 2 is 2.44 bits per heavy atom. The Balaban J connectivity index is 2.18. The van der Waals surface area contributed by atoms with Crippen molar-refractivity contribution in [1.82, 2.24) is 4.98 Å². The second kappa shape index (κ2) is 5.96. The van der Waals surface area contributed by atoms with E-state index in [1.54, 1.807) is 13.1 Å². The molecule has 2 rings (SSSR count). The van der Waals surface area contributed by atoms with Gasteiger partial charge in [-0.25, -0.2) is 4.98 Å². The Hall–Kier alpha value is -1.42. The molecule has 18 heavy (non-hydrogen) atoms. The molecule has 98 valence electrons. The summed E-state index contributed by atoms with van der Waals surface area (Å²) in [5, 5.41) is 0. The lowest BCUT2D eigenvalue weighted by Crippen LogP contribution is -2.40. The van der Waals surface area contributed by atoms with Gasteiger partial charge in [0.05, 0.1) is 11.7 Å². The Bertz CT molecular complexity index is 418. The summed E-state index contributed by atoms with van der Waals surface area (Å²) >= 11 is 0. The lowest BCUT2D eigenvalue weighted by molar-refractivity contribution is 0.0524. The Kier molecular flexibility index (Phi) is 4.31. The molecule has 0 aromatic carbocycles. The zero-order valence-electron chi connectivity index (χ0n) is 11.1. The van der Waals surface area contributed by atoms with Crippen LogP contribution in [0.15, 0.2) is 18.3 Å². The summed E-state index contributed by atoms with van der Waals surface area (Å²) in [7, 11) is 0. The molecule has 1 aliphatic rings. The van der Waals surface area contributed by atoms with E-state index in [2.05, 4.69) is 9.88 Å². The van der Waals surface area contributed by atoms with Gasteiger partial charge < -0.3 is 9.64 Å². The highest BCUT2D eigenvalue weighted by Gasteiger charge is 2.23. The van der Waals surface area contributed by atoms with Gasteiger partial charge in [-0.05, 0) is 38.8 Å². The minimum Gasteiger partial charge on any atom is -0.377 e. The molecule has 0 spiro atoms. The van der Waals surface area contributed by atoms with Gasteiger partial charge >= 0.3 is 0 Å². The fraction of sp³-hybridized carbons (Fsp3) is 0.571. The lowest BCUT2D eigenvalue weighted by atomic mass is 10.1. The number of piperidine rings is 1. The van der Waals surface area contributed by atoms with Gasteiger partial charge in [-0.15, -0.1) is 0 Å². The number of anilines is 1. The number of Topliss-reactive ketones (excluding diaryl/α,β-unsaturated/α-hetero) is 1. The first-order valence-electron chi connectivity index (χ1n) is 6.55. The van der Waals surface area contributed by atoms with Gasteiger partial charge in [0.1, 0.15) is 5.82 Å². The molecule has 1 atom stereocenters. The van der Waals surface area contributed by atoms with E-state index in [9.17, 15) is 4.79 Å². The zero-order chi connectivity index (χ0) is 13.0. The predicted octanol–water partition coefficient (Wildman–Crippen LogP) is 2.29. The third kappa shape index (κ3) is 2.88. The third-order valence-electron chi connectivity index (χ3n) is 3.25. The number of rotatable bonds is 4. The van der Waals surface area contributed by atoms with Gasteiger partial charge in [-0.1, -0.05) is 0 Å². The van der Waals surface area contributed by atoms with Crippen LogP contribution in [0.2, 0.25) is 0 Å². The van der Waals surface area contributed by atoms with Gasteiger partial charge in [0.2, 0.25) is 0 Å². The maximum atomic E-state index is 11.6. The SMILES string of the molecule is CCOC1CCCN(c2ncccc2C(C)=O)C1. The fourth-order valence-electron chi connectivity index (χ4n) is 2.43. The van der Waals surface area contributed by atoms with Crippen LogP contribution in [0.3, 0.4) is 0 Å². The van der Waals surface area contributed by atoms with E-state index < -0.39 is 0 Å². The summed E-state index contributed by atoms with van der Waals surface area (Å²) in [4.78, 5) is 18.2. The molecule has 0 saturated carbocycles. The highest BCUT2D eigenvalue weighted by atomic mass is 16.5. The topological polar surface area (TPSA) is 42.4 Å². The minimum absolute atomic E-state index is 0.0663. The molecule has 1 aliphatic heterocycles. The maximum Gasteiger partial charge on any atom is 0.163 e. The van der Waals surface area contributed by atoms with Crippen LogP contribution in [0.4, 0.5) is 5.82 Å².